The Morgan fingerprint density at radius 1 is 0.900 bits per heavy atom. The summed E-state index contributed by atoms with van der Waals surface area (Å²) in [6, 6.07) is 15.9. The molecule has 0 heterocycles. The zero-order valence-electron chi connectivity index (χ0n) is 13.0. The standard InChI is InChI=1S/C19H25N/c1-5-20-19(13-17-9-7-6-8-15(17)3)18-11-10-14(2)16(4)12-18/h6-12,19-20H,5,13H2,1-4H3. The summed E-state index contributed by atoms with van der Waals surface area (Å²) >= 11 is 0. The second kappa shape index (κ2) is 6.71. The van der Waals surface area contributed by atoms with Gasteiger partial charge in [-0.2, -0.15) is 0 Å². The molecule has 2 aromatic carbocycles. The van der Waals surface area contributed by atoms with Crippen molar-refractivity contribution >= 4 is 0 Å². The summed E-state index contributed by atoms with van der Waals surface area (Å²) < 4.78 is 0. The second-order valence-corrected chi connectivity index (χ2v) is 5.58. The van der Waals surface area contributed by atoms with Crippen LogP contribution in [-0.4, -0.2) is 6.54 Å². The Labute approximate surface area is 123 Å². The van der Waals surface area contributed by atoms with Crippen molar-refractivity contribution in [3.05, 3.63) is 70.3 Å². The molecule has 1 atom stereocenters. The number of nitrogens with one attached hydrogen (secondary N) is 1. The van der Waals surface area contributed by atoms with Crippen LogP contribution in [-0.2, 0) is 6.42 Å². The molecule has 0 fully saturated rings. The molecule has 0 aromatic heterocycles. The Morgan fingerprint density at radius 2 is 1.65 bits per heavy atom. The van der Waals surface area contributed by atoms with Gasteiger partial charge in [-0.3, -0.25) is 0 Å². The monoisotopic (exact) mass is 267 g/mol. The van der Waals surface area contributed by atoms with Gasteiger partial charge in [-0.25, -0.2) is 0 Å². The largest absolute Gasteiger partial charge is 0.310 e. The van der Waals surface area contributed by atoms with Crippen LogP contribution in [0.3, 0.4) is 0 Å². The first-order chi connectivity index (χ1) is 9.61. The Bertz CT molecular complexity index is 572. The summed E-state index contributed by atoms with van der Waals surface area (Å²) in [6.45, 7) is 9.71. The Morgan fingerprint density at radius 3 is 2.30 bits per heavy atom. The van der Waals surface area contributed by atoms with E-state index in [9.17, 15) is 0 Å². The Hall–Kier alpha value is -1.60. The number of aryl methyl sites for hydroxylation is 3. The molecule has 2 rings (SSSR count). The summed E-state index contributed by atoms with van der Waals surface area (Å²) in [5.74, 6) is 0. The van der Waals surface area contributed by atoms with E-state index in [2.05, 4.69) is 75.5 Å². The molecule has 0 radical (unpaired) electrons. The van der Waals surface area contributed by atoms with Gasteiger partial charge in [0.05, 0.1) is 0 Å². The molecule has 1 heteroatoms. The molecule has 0 saturated heterocycles. The van der Waals surface area contributed by atoms with Crippen LogP contribution < -0.4 is 5.32 Å². The van der Waals surface area contributed by atoms with E-state index in [1.165, 1.54) is 27.8 Å². The van der Waals surface area contributed by atoms with Crippen LogP contribution in [0.5, 0.6) is 0 Å². The summed E-state index contributed by atoms with van der Waals surface area (Å²) in [5.41, 5.74) is 6.92. The van der Waals surface area contributed by atoms with Crippen molar-refractivity contribution in [2.75, 3.05) is 6.54 Å². The molecule has 1 unspecified atom stereocenters. The van der Waals surface area contributed by atoms with Gasteiger partial charge in [0.15, 0.2) is 0 Å². The van der Waals surface area contributed by atoms with Gasteiger partial charge in [-0.1, -0.05) is 49.4 Å². The fourth-order valence-corrected chi connectivity index (χ4v) is 2.59. The lowest BCUT2D eigenvalue weighted by molar-refractivity contribution is 0.548. The molecule has 2 aromatic rings. The molecule has 20 heavy (non-hydrogen) atoms. The molecular weight excluding hydrogens is 242 g/mol. The van der Waals surface area contributed by atoms with Crippen LogP contribution in [0.4, 0.5) is 0 Å². The second-order valence-electron chi connectivity index (χ2n) is 5.58. The van der Waals surface area contributed by atoms with Crippen LogP contribution >= 0.6 is 0 Å². The van der Waals surface area contributed by atoms with E-state index in [1.807, 2.05) is 0 Å². The normalized spacial score (nSPS) is 12.4. The van der Waals surface area contributed by atoms with Gasteiger partial charge in [-0.05, 0) is 61.6 Å². The van der Waals surface area contributed by atoms with E-state index >= 15 is 0 Å². The molecule has 106 valence electrons. The molecule has 0 amide bonds. The third kappa shape index (κ3) is 3.49. The fourth-order valence-electron chi connectivity index (χ4n) is 2.59. The van der Waals surface area contributed by atoms with E-state index < -0.39 is 0 Å². The van der Waals surface area contributed by atoms with Gasteiger partial charge in [0.25, 0.3) is 0 Å². The first-order valence-electron chi connectivity index (χ1n) is 7.47. The number of hydrogen-bond donors (Lipinski definition) is 1. The van der Waals surface area contributed by atoms with Crippen molar-refractivity contribution in [1.29, 1.82) is 0 Å². The molecule has 0 spiro atoms. The van der Waals surface area contributed by atoms with Gasteiger partial charge in [0.1, 0.15) is 0 Å². The van der Waals surface area contributed by atoms with Crippen LogP contribution in [0.25, 0.3) is 0 Å². The summed E-state index contributed by atoms with van der Waals surface area (Å²) in [4.78, 5) is 0. The predicted octanol–water partition coefficient (Wildman–Crippen LogP) is 4.51. The van der Waals surface area contributed by atoms with Crippen LogP contribution in [0.2, 0.25) is 0 Å². The van der Waals surface area contributed by atoms with Crippen molar-refractivity contribution in [3.63, 3.8) is 0 Å². The minimum Gasteiger partial charge on any atom is -0.310 e. The first-order valence-corrected chi connectivity index (χ1v) is 7.47. The molecule has 0 aliphatic rings. The number of rotatable bonds is 5. The SMILES string of the molecule is CCNC(Cc1ccccc1C)c1ccc(C)c(C)c1. The molecule has 0 saturated carbocycles. The van der Waals surface area contributed by atoms with Crippen LogP contribution in [0.1, 0.15) is 40.8 Å². The lowest BCUT2D eigenvalue weighted by atomic mass is 9.94. The third-order valence-electron chi connectivity index (χ3n) is 4.07. The molecule has 0 aliphatic heterocycles. The highest BCUT2D eigenvalue weighted by molar-refractivity contribution is 5.34. The Balaban J connectivity index is 2.27. The average Bonchev–Trinajstić information content (AvgIpc) is 2.44. The fraction of sp³-hybridized carbons (Fsp3) is 0.368. The maximum atomic E-state index is 3.62. The minimum atomic E-state index is 0.389. The Kier molecular flexibility index (Phi) is 4.97. The van der Waals surface area contributed by atoms with Crippen molar-refractivity contribution < 1.29 is 0 Å². The van der Waals surface area contributed by atoms with Crippen molar-refractivity contribution in [3.8, 4) is 0 Å². The van der Waals surface area contributed by atoms with E-state index in [0.717, 1.165) is 13.0 Å². The predicted molar refractivity (Wildman–Crippen MR) is 87.2 cm³/mol. The van der Waals surface area contributed by atoms with Gasteiger partial charge < -0.3 is 5.32 Å². The number of likely N-dealkylation sites (N-methyl/N-ethyl adjacent to an activating group) is 1. The molecule has 1 nitrogen and oxygen atoms in total. The highest BCUT2D eigenvalue weighted by Gasteiger charge is 2.12. The van der Waals surface area contributed by atoms with Gasteiger partial charge in [0, 0.05) is 6.04 Å². The maximum Gasteiger partial charge on any atom is 0.0360 e. The van der Waals surface area contributed by atoms with Crippen LogP contribution in [0, 0.1) is 20.8 Å². The molecule has 1 N–H and O–H groups in total. The lowest BCUT2D eigenvalue weighted by Gasteiger charge is -2.20. The number of hydrogen-bond acceptors (Lipinski definition) is 1. The quantitative estimate of drug-likeness (QED) is 0.840. The van der Waals surface area contributed by atoms with E-state index in [4.69, 9.17) is 0 Å². The van der Waals surface area contributed by atoms with Crippen molar-refractivity contribution in [1.82, 2.24) is 5.32 Å². The zero-order chi connectivity index (χ0) is 14.5. The highest BCUT2D eigenvalue weighted by Crippen LogP contribution is 2.22. The smallest absolute Gasteiger partial charge is 0.0360 e. The first kappa shape index (κ1) is 14.8. The summed E-state index contributed by atoms with van der Waals surface area (Å²) in [7, 11) is 0. The van der Waals surface area contributed by atoms with Crippen molar-refractivity contribution in [2.45, 2.75) is 40.2 Å². The van der Waals surface area contributed by atoms with E-state index in [1.54, 1.807) is 0 Å². The van der Waals surface area contributed by atoms with E-state index in [-0.39, 0.29) is 0 Å². The van der Waals surface area contributed by atoms with E-state index in [0.29, 0.717) is 6.04 Å². The minimum absolute atomic E-state index is 0.389. The highest BCUT2D eigenvalue weighted by atomic mass is 14.9. The van der Waals surface area contributed by atoms with Gasteiger partial charge in [-0.15, -0.1) is 0 Å². The average molecular weight is 267 g/mol. The molecule has 0 bridgehead atoms. The van der Waals surface area contributed by atoms with Gasteiger partial charge >= 0.3 is 0 Å². The summed E-state index contributed by atoms with van der Waals surface area (Å²) in [5, 5.41) is 3.62. The molecular formula is C19H25N. The third-order valence-corrected chi connectivity index (χ3v) is 4.07. The van der Waals surface area contributed by atoms with Gasteiger partial charge in [0.2, 0.25) is 0 Å². The topological polar surface area (TPSA) is 12.0 Å². The summed E-state index contributed by atoms with van der Waals surface area (Å²) in [6.07, 6.45) is 1.04. The lowest BCUT2D eigenvalue weighted by Crippen LogP contribution is -2.23. The van der Waals surface area contributed by atoms with Crippen molar-refractivity contribution in [2.24, 2.45) is 0 Å². The zero-order valence-corrected chi connectivity index (χ0v) is 13.0. The maximum absolute atomic E-state index is 3.62. The number of benzene rings is 2. The molecule has 0 aliphatic carbocycles. The van der Waals surface area contributed by atoms with Crippen LogP contribution in [0.15, 0.2) is 42.5 Å².